The Morgan fingerprint density at radius 3 is 1.29 bits per heavy atom. The number of rotatable bonds is 39. The maximum Gasteiger partial charge on any atom is 0.311 e. The molecule has 2 atom stereocenters. The molecule has 0 aliphatic heterocycles. The summed E-state index contributed by atoms with van der Waals surface area (Å²) < 4.78 is 5.92. The van der Waals surface area contributed by atoms with Gasteiger partial charge >= 0.3 is 5.97 Å². The van der Waals surface area contributed by atoms with E-state index in [2.05, 4.69) is 41.5 Å². The van der Waals surface area contributed by atoms with Gasteiger partial charge in [-0.2, -0.15) is 0 Å². The van der Waals surface area contributed by atoms with E-state index in [9.17, 15) is 14.4 Å². The van der Waals surface area contributed by atoms with E-state index in [4.69, 9.17) is 4.74 Å². The van der Waals surface area contributed by atoms with E-state index in [1.54, 1.807) is 0 Å². The summed E-state index contributed by atoms with van der Waals surface area (Å²) in [6, 6.07) is 0. The van der Waals surface area contributed by atoms with Gasteiger partial charge in [0.1, 0.15) is 11.6 Å². The van der Waals surface area contributed by atoms with Crippen molar-refractivity contribution in [2.24, 2.45) is 22.7 Å². The quantitative estimate of drug-likeness (QED) is 0.0466. The van der Waals surface area contributed by atoms with Gasteiger partial charge in [0, 0.05) is 24.7 Å². The lowest BCUT2D eigenvalue weighted by molar-refractivity contribution is -0.156. The van der Waals surface area contributed by atoms with Crippen molar-refractivity contribution in [3.8, 4) is 0 Å². The number of esters is 1. The van der Waals surface area contributed by atoms with Crippen molar-refractivity contribution in [2.75, 3.05) is 6.61 Å². The van der Waals surface area contributed by atoms with Crippen molar-refractivity contribution in [1.82, 2.24) is 0 Å². The first kappa shape index (κ1) is 50.8. The standard InChI is InChI=1S/C48H92O4/c1-9-13-17-19-25-32-42(31-23-15-11-3)37-38-45(50)47(5,6)39-29-21-27-35-44(49)36-28-22-30-40-48(7,8)46(51)52-41-43(33-24-16-12-4)34-26-20-18-14-10-2/h42-43H,9-41H2,1-8H3. The van der Waals surface area contributed by atoms with Gasteiger partial charge in [-0.25, -0.2) is 0 Å². The fraction of sp³-hybridized carbons (Fsp3) is 0.938. The smallest absolute Gasteiger partial charge is 0.311 e. The Balaban J connectivity index is 4.29. The number of hydrogen-bond acceptors (Lipinski definition) is 4. The van der Waals surface area contributed by atoms with Crippen LogP contribution in [-0.4, -0.2) is 24.1 Å². The van der Waals surface area contributed by atoms with Gasteiger partial charge in [-0.05, 0) is 70.6 Å². The van der Waals surface area contributed by atoms with Crippen molar-refractivity contribution in [3.63, 3.8) is 0 Å². The molecule has 0 aromatic carbocycles. The first-order chi connectivity index (χ1) is 24.9. The maximum absolute atomic E-state index is 13.2. The number of carbonyl (C=O) groups excluding carboxylic acids is 3. The van der Waals surface area contributed by atoms with Gasteiger partial charge in [0.05, 0.1) is 12.0 Å². The summed E-state index contributed by atoms with van der Waals surface area (Å²) in [6.45, 7) is 17.9. The highest BCUT2D eigenvalue weighted by atomic mass is 16.5. The molecule has 0 aromatic rings. The van der Waals surface area contributed by atoms with E-state index < -0.39 is 5.41 Å². The second-order valence-corrected chi connectivity index (χ2v) is 18.1. The number of hydrogen-bond donors (Lipinski definition) is 0. The number of ether oxygens (including phenoxy) is 1. The number of carbonyl (C=O) groups is 3. The largest absolute Gasteiger partial charge is 0.465 e. The van der Waals surface area contributed by atoms with Crippen LogP contribution < -0.4 is 0 Å². The minimum absolute atomic E-state index is 0.0558. The van der Waals surface area contributed by atoms with Crippen LogP contribution in [0.1, 0.15) is 261 Å². The minimum Gasteiger partial charge on any atom is -0.465 e. The topological polar surface area (TPSA) is 60.4 Å². The Labute approximate surface area is 325 Å². The minimum atomic E-state index is -0.474. The van der Waals surface area contributed by atoms with E-state index in [0.717, 1.165) is 64.2 Å². The van der Waals surface area contributed by atoms with Gasteiger partial charge in [-0.3, -0.25) is 14.4 Å². The van der Waals surface area contributed by atoms with Gasteiger partial charge < -0.3 is 4.74 Å². The molecule has 0 N–H and O–H groups in total. The number of ketones is 2. The first-order valence-corrected chi connectivity index (χ1v) is 23.2. The molecule has 0 heterocycles. The molecular formula is C48H92O4. The third kappa shape index (κ3) is 28.3. The molecule has 2 unspecified atom stereocenters. The van der Waals surface area contributed by atoms with E-state index >= 15 is 0 Å². The molecule has 0 amide bonds. The Morgan fingerprint density at radius 2 is 0.808 bits per heavy atom. The summed E-state index contributed by atoms with van der Waals surface area (Å²) in [4.78, 5) is 38.9. The van der Waals surface area contributed by atoms with Crippen molar-refractivity contribution in [1.29, 1.82) is 0 Å². The van der Waals surface area contributed by atoms with E-state index in [1.807, 2.05) is 13.8 Å². The van der Waals surface area contributed by atoms with Crippen molar-refractivity contribution in [2.45, 2.75) is 261 Å². The third-order valence-electron chi connectivity index (χ3n) is 11.9. The average Bonchev–Trinajstić information content (AvgIpc) is 3.11. The first-order valence-electron chi connectivity index (χ1n) is 23.2. The van der Waals surface area contributed by atoms with E-state index in [-0.39, 0.29) is 11.4 Å². The maximum atomic E-state index is 13.2. The highest BCUT2D eigenvalue weighted by Crippen LogP contribution is 2.31. The van der Waals surface area contributed by atoms with Gasteiger partial charge in [0.15, 0.2) is 0 Å². The molecule has 4 nitrogen and oxygen atoms in total. The molecule has 0 aromatic heterocycles. The second kappa shape index (κ2) is 33.2. The van der Waals surface area contributed by atoms with Crippen LogP contribution >= 0.6 is 0 Å². The zero-order chi connectivity index (χ0) is 38.9. The molecule has 0 aliphatic rings. The molecule has 0 fully saturated rings. The Hall–Kier alpha value is -1.19. The lowest BCUT2D eigenvalue weighted by Gasteiger charge is -2.25. The second-order valence-electron chi connectivity index (χ2n) is 18.1. The van der Waals surface area contributed by atoms with Crippen LogP contribution in [0, 0.1) is 22.7 Å². The zero-order valence-electron chi connectivity index (χ0n) is 36.6. The molecule has 0 radical (unpaired) electrons. The Kier molecular flexibility index (Phi) is 32.4. The van der Waals surface area contributed by atoms with E-state index in [0.29, 0.717) is 42.9 Å². The molecule has 308 valence electrons. The predicted octanol–water partition coefficient (Wildman–Crippen LogP) is 15.5. The summed E-state index contributed by atoms with van der Waals surface area (Å²) >= 11 is 0. The van der Waals surface area contributed by atoms with Crippen LogP contribution in [0.15, 0.2) is 0 Å². The fourth-order valence-electron chi connectivity index (χ4n) is 7.74. The highest BCUT2D eigenvalue weighted by molar-refractivity contribution is 5.84. The van der Waals surface area contributed by atoms with Crippen LogP contribution in [0.2, 0.25) is 0 Å². The molecule has 0 rings (SSSR count). The Morgan fingerprint density at radius 1 is 0.423 bits per heavy atom. The lowest BCUT2D eigenvalue weighted by atomic mass is 9.79. The van der Waals surface area contributed by atoms with E-state index in [1.165, 1.54) is 128 Å². The van der Waals surface area contributed by atoms with Crippen molar-refractivity contribution < 1.29 is 19.1 Å². The molecule has 0 saturated carbocycles. The van der Waals surface area contributed by atoms with Gasteiger partial charge in [0.25, 0.3) is 0 Å². The van der Waals surface area contributed by atoms with Crippen LogP contribution in [0.4, 0.5) is 0 Å². The average molecular weight is 733 g/mol. The van der Waals surface area contributed by atoms with Crippen LogP contribution in [0.5, 0.6) is 0 Å². The number of unbranched alkanes of at least 4 members (excludes halogenated alkanes) is 16. The molecule has 0 spiro atoms. The summed E-state index contributed by atoms with van der Waals surface area (Å²) in [5, 5.41) is 0. The summed E-state index contributed by atoms with van der Waals surface area (Å²) in [5.41, 5.74) is -0.734. The summed E-state index contributed by atoms with van der Waals surface area (Å²) in [5.74, 6) is 1.94. The molecule has 52 heavy (non-hydrogen) atoms. The SMILES string of the molecule is CCCCCCCC(CCCCC)CCC(=O)C(C)(C)CCCCCC(=O)CCCCCC(C)(C)C(=O)OCC(CCCCC)CCCCCCC. The molecule has 4 heteroatoms. The Bertz CT molecular complexity index is 790. The van der Waals surface area contributed by atoms with Gasteiger partial charge in [-0.1, -0.05) is 183 Å². The molecular weight excluding hydrogens is 641 g/mol. The van der Waals surface area contributed by atoms with Crippen LogP contribution in [0.25, 0.3) is 0 Å². The molecule has 0 saturated heterocycles. The normalized spacial score (nSPS) is 13.3. The van der Waals surface area contributed by atoms with Gasteiger partial charge in [0.2, 0.25) is 0 Å². The molecule has 0 aliphatic carbocycles. The van der Waals surface area contributed by atoms with Crippen LogP contribution in [-0.2, 0) is 19.1 Å². The summed E-state index contributed by atoms with van der Waals surface area (Å²) in [6.07, 6.45) is 36.2. The van der Waals surface area contributed by atoms with Gasteiger partial charge in [-0.15, -0.1) is 0 Å². The van der Waals surface area contributed by atoms with Crippen LogP contribution in [0.3, 0.4) is 0 Å². The highest BCUT2D eigenvalue weighted by Gasteiger charge is 2.30. The number of Topliss-reactive ketones (excluding diaryl/α,β-unsaturated/α-hetero) is 2. The summed E-state index contributed by atoms with van der Waals surface area (Å²) in [7, 11) is 0. The van der Waals surface area contributed by atoms with Crippen molar-refractivity contribution >= 4 is 17.5 Å². The zero-order valence-corrected chi connectivity index (χ0v) is 36.6. The molecule has 0 bridgehead atoms. The lowest BCUT2D eigenvalue weighted by Crippen LogP contribution is -2.28. The third-order valence-corrected chi connectivity index (χ3v) is 11.9. The monoisotopic (exact) mass is 733 g/mol. The van der Waals surface area contributed by atoms with Crippen molar-refractivity contribution in [3.05, 3.63) is 0 Å². The fourth-order valence-corrected chi connectivity index (χ4v) is 7.74. The predicted molar refractivity (Wildman–Crippen MR) is 226 cm³/mol.